The van der Waals surface area contributed by atoms with Crippen LogP contribution in [-0.2, 0) is 19.1 Å². The van der Waals surface area contributed by atoms with E-state index in [0.29, 0.717) is 0 Å². The van der Waals surface area contributed by atoms with Crippen LogP contribution in [0.3, 0.4) is 0 Å². The number of carbonyl (C=O) groups excluding carboxylic acids is 1. The quantitative estimate of drug-likeness (QED) is 0.619. The van der Waals surface area contributed by atoms with Crippen molar-refractivity contribution >= 4 is 18.0 Å². The first kappa shape index (κ1) is 16.2. The third-order valence-electron chi connectivity index (χ3n) is 1.50. The number of carboxylic acids is 2. The van der Waals surface area contributed by atoms with Gasteiger partial charge in [-0.25, -0.2) is 14.4 Å². The van der Waals surface area contributed by atoms with Gasteiger partial charge >= 0.3 is 18.0 Å². The van der Waals surface area contributed by atoms with Crippen LogP contribution in [-0.4, -0.2) is 53.1 Å². The van der Waals surface area contributed by atoms with Gasteiger partial charge in [0.2, 0.25) is 0 Å². The average molecular weight is 263 g/mol. The van der Waals surface area contributed by atoms with Gasteiger partial charge < -0.3 is 25.0 Å². The minimum atomic E-state index is -1.36. The number of carbonyl (C=O) groups is 3. The monoisotopic (exact) mass is 263 g/mol. The molecule has 0 saturated heterocycles. The minimum Gasteiger partial charge on any atom is -0.480 e. The van der Waals surface area contributed by atoms with Crippen LogP contribution in [0.15, 0.2) is 0 Å². The second-order valence-electron chi connectivity index (χ2n) is 4.45. The van der Waals surface area contributed by atoms with Crippen molar-refractivity contribution in [2.45, 2.75) is 32.4 Å². The van der Waals surface area contributed by atoms with Crippen molar-refractivity contribution in [3.05, 3.63) is 0 Å². The van der Waals surface area contributed by atoms with Crippen molar-refractivity contribution in [2.24, 2.45) is 0 Å². The topological polar surface area (TPSA) is 122 Å². The molecule has 0 aromatic heterocycles. The lowest BCUT2D eigenvalue weighted by molar-refractivity contribution is -0.146. The molecule has 0 aromatic carbocycles. The molecule has 3 N–H and O–H groups in total. The second-order valence-corrected chi connectivity index (χ2v) is 4.45. The third kappa shape index (κ3) is 8.34. The molecule has 0 aliphatic heterocycles. The Kier molecular flexibility index (Phi) is 6.11. The van der Waals surface area contributed by atoms with E-state index in [2.05, 4.69) is 10.1 Å². The van der Waals surface area contributed by atoms with Crippen LogP contribution in [0, 0.1) is 0 Å². The number of hydrogen-bond acceptors (Lipinski definition) is 5. The third-order valence-corrected chi connectivity index (χ3v) is 1.50. The van der Waals surface area contributed by atoms with Gasteiger partial charge in [0, 0.05) is 0 Å². The molecular weight excluding hydrogens is 246 g/mol. The van der Waals surface area contributed by atoms with E-state index >= 15 is 0 Å². The lowest BCUT2D eigenvalue weighted by Gasteiger charge is -2.21. The first-order valence-electron chi connectivity index (χ1n) is 5.13. The zero-order valence-electron chi connectivity index (χ0n) is 10.4. The molecule has 0 unspecified atom stereocenters. The summed E-state index contributed by atoms with van der Waals surface area (Å²) >= 11 is 0. The molecule has 18 heavy (non-hydrogen) atoms. The summed E-state index contributed by atoms with van der Waals surface area (Å²) in [7, 11) is 0. The number of hydrogen-bond donors (Lipinski definition) is 3. The fraction of sp³-hybridized carbons (Fsp3) is 0.700. The zero-order valence-corrected chi connectivity index (χ0v) is 10.4. The van der Waals surface area contributed by atoms with Gasteiger partial charge in [-0.15, -0.1) is 0 Å². The molecule has 0 saturated carbocycles. The molecule has 0 aliphatic carbocycles. The lowest BCUT2D eigenvalue weighted by atomic mass is 10.2. The maximum absolute atomic E-state index is 11.3. The number of ether oxygens (including phenoxy) is 2. The molecule has 104 valence electrons. The highest BCUT2D eigenvalue weighted by Gasteiger charge is 2.24. The highest BCUT2D eigenvalue weighted by Crippen LogP contribution is 2.06. The van der Waals surface area contributed by atoms with Gasteiger partial charge in [-0.05, 0) is 20.8 Å². The Balaban J connectivity index is 4.23. The van der Waals surface area contributed by atoms with Crippen LogP contribution < -0.4 is 5.32 Å². The molecule has 0 fully saturated rings. The van der Waals surface area contributed by atoms with Crippen LogP contribution in [0.25, 0.3) is 0 Å². The van der Waals surface area contributed by atoms with Crippen molar-refractivity contribution in [3.63, 3.8) is 0 Å². The van der Waals surface area contributed by atoms with Crippen LogP contribution in [0.5, 0.6) is 0 Å². The molecule has 0 aromatic rings. The first-order valence-corrected chi connectivity index (χ1v) is 5.13. The number of aliphatic carboxylic acids is 2. The summed E-state index contributed by atoms with van der Waals surface area (Å²) in [6.45, 7) is 3.79. The Labute approximate surface area is 104 Å². The van der Waals surface area contributed by atoms with Gasteiger partial charge in [-0.1, -0.05) is 0 Å². The van der Waals surface area contributed by atoms with Crippen molar-refractivity contribution in [3.8, 4) is 0 Å². The van der Waals surface area contributed by atoms with E-state index in [0.717, 1.165) is 0 Å². The van der Waals surface area contributed by atoms with Crippen molar-refractivity contribution in [2.75, 3.05) is 13.2 Å². The fourth-order valence-corrected chi connectivity index (χ4v) is 0.889. The standard InChI is InChI=1S/C10H17NO7/c1-10(2,3)18-9(16)11-6(8(14)15)4-17-5-7(12)13/h6H,4-5H2,1-3H3,(H,11,16)(H,12,13)(H,14,15)/t6-/m0/s1. The molecule has 0 bridgehead atoms. The largest absolute Gasteiger partial charge is 0.480 e. The van der Waals surface area contributed by atoms with Crippen molar-refractivity contribution < 1.29 is 34.1 Å². The number of rotatable bonds is 6. The summed E-state index contributed by atoms with van der Waals surface area (Å²) < 4.78 is 9.46. The van der Waals surface area contributed by atoms with Gasteiger partial charge in [-0.2, -0.15) is 0 Å². The Morgan fingerprint density at radius 3 is 2.17 bits per heavy atom. The summed E-state index contributed by atoms with van der Waals surface area (Å²) in [5, 5.41) is 19.2. The average Bonchev–Trinajstić information content (AvgIpc) is 2.12. The van der Waals surface area contributed by atoms with E-state index < -0.39 is 42.9 Å². The molecule has 0 rings (SSSR count). The first-order chi connectivity index (χ1) is 8.11. The Morgan fingerprint density at radius 2 is 1.78 bits per heavy atom. The highest BCUT2D eigenvalue weighted by atomic mass is 16.6. The van der Waals surface area contributed by atoms with E-state index in [4.69, 9.17) is 14.9 Å². The van der Waals surface area contributed by atoms with Gasteiger partial charge in [-0.3, -0.25) is 0 Å². The number of nitrogens with one attached hydrogen (secondary N) is 1. The van der Waals surface area contributed by atoms with Gasteiger partial charge in [0.1, 0.15) is 12.2 Å². The highest BCUT2D eigenvalue weighted by molar-refractivity contribution is 5.80. The molecule has 0 aliphatic rings. The molecule has 8 nitrogen and oxygen atoms in total. The van der Waals surface area contributed by atoms with Gasteiger partial charge in [0.25, 0.3) is 0 Å². The van der Waals surface area contributed by atoms with Crippen molar-refractivity contribution in [1.29, 1.82) is 0 Å². The number of alkyl carbamates (subject to hydrolysis) is 1. The van der Waals surface area contributed by atoms with Crippen molar-refractivity contribution in [1.82, 2.24) is 5.32 Å². The van der Waals surface area contributed by atoms with Gasteiger partial charge in [0.05, 0.1) is 6.61 Å². The summed E-state index contributed by atoms with van der Waals surface area (Å²) in [5.74, 6) is -2.57. The predicted molar refractivity (Wildman–Crippen MR) is 59.2 cm³/mol. The molecule has 1 amide bonds. The number of carboxylic acid groups (broad SMARTS) is 2. The summed E-state index contributed by atoms with van der Waals surface area (Å²) in [5.41, 5.74) is -0.755. The minimum absolute atomic E-state index is 0.457. The predicted octanol–water partition coefficient (Wildman–Crippen LogP) is 0.0655. The molecular formula is C10H17NO7. The number of amides is 1. The van der Waals surface area contributed by atoms with E-state index in [-0.39, 0.29) is 0 Å². The Bertz CT molecular complexity index is 321. The lowest BCUT2D eigenvalue weighted by Crippen LogP contribution is -2.46. The van der Waals surface area contributed by atoms with Crippen LogP contribution in [0.2, 0.25) is 0 Å². The molecule has 0 radical (unpaired) electrons. The maximum Gasteiger partial charge on any atom is 0.408 e. The normalized spacial score (nSPS) is 12.6. The van der Waals surface area contributed by atoms with Gasteiger partial charge in [0.15, 0.2) is 6.04 Å². The summed E-state index contributed by atoms with van der Waals surface area (Å²) in [4.78, 5) is 32.3. The Morgan fingerprint density at radius 1 is 1.22 bits per heavy atom. The molecule has 0 heterocycles. The van der Waals surface area contributed by atoms with Crippen LogP contribution in [0.1, 0.15) is 20.8 Å². The fourth-order valence-electron chi connectivity index (χ4n) is 0.889. The second kappa shape index (κ2) is 6.80. The van der Waals surface area contributed by atoms with Crippen LogP contribution >= 0.6 is 0 Å². The SMILES string of the molecule is CC(C)(C)OC(=O)N[C@@H](COCC(=O)O)C(=O)O. The zero-order chi connectivity index (χ0) is 14.3. The molecule has 8 heteroatoms. The molecule has 1 atom stereocenters. The summed E-state index contributed by atoms with van der Waals surface area (Å²) in [6.07, 6.45) is -0.908. The molecule has 0 spiro atoms. The van der Waals surface area contributed by atoms with E-state index in [9.17, 15) is 14.4 Å². The van der Waals surface area contributed by atoms with E-state index in [1.807, 2.05) is 0 Å². The maximum atomic E-state index is 11.3. The van der Waals surface area contributed by atoms with Crippen LogP contribution in [0.4, 0.5) is 4.79 Å². The smallest absolute Gasteiger partial charge is 0.408 e. The van der Waals surface area contributed by atoms with E-state index in [1.54, 1.807) is 20.8 Å². The Hall–Kier alpha value is -1.83. The summed E-state index contributed by atoms with van der Waals surface area (Å²) in [6, 6.07) is -1.36. The van der Waals surface area contributed by atoms with E-state index in [1.165, 1.54) is 0 Å².